The normalized spacial score (nSPS) is 25.0. The second-order valence-corrected chi connectivity index (χ2v) is 10.0. The van der Waals surface area contributed by atoms with E-state index in [9.17, 15) is 22.8 Å². The zero-order valence-corrected chi connectivity index (χ0v) is 17.7. The maximum Gasteiger partial charge on any atom is 0.325 e. The number of urea groups is 1. The summed E-state index contributed by atoms with van der Waals surface area (Å²) in [4.78, 5) is 40.5. The fourth-order valence-corrected chi connectivity index (χ4v) is 5.58. The van der Waals surface area contributed by atoms with Crippen LogP contribution in [-0.4, -0.2) is 87.4 Å². The van der Waals surface area contributed by atoms with Crippen molar-refractivity contribution in [1.82, 2.24) is 35.3 Å². The fourth-order valence-electron chi connectivity index (χ4n) is 3.81. The third kappa shape index (κ3) is 3.76. The number of benzene rings is 1. The molecule has 2 saturated heterocycles. The van der Waals surface area contributed by atoms with Crippen molar-refractivity contribution >= 4 is 27.7 Å². The zero-order chi connectivity index (χ0) is 22.4. The highest BCUT2D eigenvalue weighted by molar-refractivity contribution is 7.91. The maximum atomic E-state index is 13.1. The molecule has 0 unspecified atom stereocenters. The molecule has 164 valence electrons. The van der Waals surface area contributed by atoms with Crippen LogP contribution in [0.25, 0.3) is 5.69 Å². The summed E-state index contributed by atoms with van der Waals surface area (Å²) in [6.07, 6.45) is 1.74. The first-order valence-electron chi connectivity index (χ1n) is 9.55. The third-order valence-electron chi connectivity index (χ3n) is 5.75. The van der Waals surface area contributed by atoms with Crippen LogP contribution in [0.3, 0.4) is 0 Å². The first-order valence-corrected chi connectivity index (χ1v) is 11.4. The molecule has 3 heterocycles. The smallest absolute Gasteiger partial charge is 0.325 e. The van der Waals surface area contributed by atoms with Crippen LogP contribution in [0, 0.1) is 0 Å². The van der Waals surface area contributed by atoms with Gasteiger partial charge < -0.3 is 10.2 Å². The number of nitrogens with zero attached hydrogens (tertiary/aromatic N) is 6. The fraction of sp³-hybridized carbons (Fsp3) is 0.444. The monoisotopic (exact) mass is 447 g/mol. The van der Waals surface area contributed by atoms with Crippen molar-refractivity contribution < 1.29 is 22.8 Å². The summed E-state index contributed by atoms with van der Waals surface area (Å²) in [6, 6.07) is 5.66. The lowest BCUT2D eigenvalue weighted by Crippen LogP contribution is -2.46. The summed E-state index contributed by atoms with van der Waals surface area (Å²) in [5.74, 6) is -1.17. The molecular formula is C18H21N7O5S. The van der Waals surface area contributed by atoms with Gasteiger partial charge in [-0.15, -0.1) is 5.10 Å². The molecule has 0 spiro atoms. The van der Waals surface area contributed by atoms with Crippen LogP contribution in [0.5, 0.6) is 0 Å². The molecule has 1 aromatic heterocycles. The Labute approximate surface area is 178 Å². The number of likely N-dealkylation sites (N-methyl/N-ethyl adjacent to an activating group) is 1. The molecule has 1 N–H and O–H groups in total. The van der Waals surface area contributed by atoms with E-state index >= 15 is 0 Å². The van der Waals surface area contributed by atoms with E-state index in [1.807, 2.05) is 0 Å². The second-order valence-electron chi connectivity index (χ2n) is 7.81. The molecule has 0 saturated carbocycles. The number of sulfone groups is 1. The summed E-state index contributed by atoms with van der Waals surface area (Å²) >= 11 is 0. The molecule has 2 fully saturated rings. The number of amides is 4. The van der Waals surface area contributed by atoms with Crippen molar-refractivity contribution in [2.24, 2.45) is 0 Å². The maximum absolute atomic E-state index is 13.1. The summed E-state index contributed by atoms with van der Waals surface area (Å²) < 4.78 is 24.8. The SMILES string of the molecule is CN(C(=O)CN1C(=O)N[C@@](C)(c2cccc(-n3cnnn3)c2)C1=O)[C@@H]1CCS(=O)(=O)C1. The van der Waals surface area contributed by atoms with E-state index < -0.39 is 45.8 Å². The van der Waals surface area contributed by atoms with Gasteiger partial charge in [-0.3, -0.25) is 14.5 Å². The largest absolute Gasteiger partial charge is 0.340 e. The van der Waals surface area contributed by atoms with Crippen molar-refractivity contribution in [3.05, 3.63) is 36.2 Å². The van der Waals surface area contributed by atoms with Gasteiger partial charge in [0.25, 0.3) is 5.91 Å². The van der Waals surface area contributed by atoms with Gasteiger partial charge in [-0.1, -0.05) is 12.1 Å². The molecule has 4 rings (SSSR count). The second kappa shape index (κ2) is 7.41. The topological polar surface area (TPSA) is 147 Å². The van der Waals surface area contributed by atoms with Gasteiger partial charge in [0.15, 0.2) is 9.84 Å². The van der Waals surface area contributed by atoms with Gasteiger partial charge in [-0.2, -0.15) is 0 Å². The van der Waals surface area contributed by atoms with E-state index in [0.717, 1.165) is 4.90 Å². The predicted octanol–water partition coefficient (Wildman–Crippen LogP) is -0.925. The minimum Gasteiger partial charge on any atom is -0.340 e. The molecule has 1 aromatic carbocycles. The van der Waals surface area contributed by atoms with Crippen molar-refractivity contribution in [1.29, 1.82) is 0 Å². The minimum atomic E-state index is -3.17. The number of imide groups is 1. The summed E-state index contributed by atoms with van der Waals surface area (Å²) in [6.45, 7) is 1.09. The Morgan fingerprint density at radius 1 is 1.35 bits per heavy atom. The van der Waals surface area contributed by atoms with Gasteiger partial charge in [-0.25, -0.2) is 17.9 Å². The van der Waals surface area contributed by atoms with Gasteiger partial charge in [0.1, 0.15) is 18.4 Å². The van der Waals surface area contributed by atoms with Crippen LogP contribution in [0.1, 0.15) is 18.9 Å². The number of hydrogen-bond donors (Lipinski definition) is 1. The summed E-state index contributed by atoms with van der Waals surface area (Å²) in [5, 5.41) is 13.6. The Morgan fingerprint density at radius 3 is 2.77 bits per heavy atom. The van der Waals surface area contributed by atoms with Crippen LogP contribution < -0.4 is 5.32 Å². The number of nitrogens with one attached hydrogen (secondary N) is 1. The molecule has 13 heteroatoms. The Balaban J connectivity index is 1.52. The summed E-state index contributed by atoms with van der Waals surface area (Å²) in [7, 11) is -1.68. The van der Waals surface area contributed by atoms with Crippen molar-refractivity contribution in [3.63, 3.8) is 0 Å². The number of carbonyl (C=O) groups excluding carboxylic acids is 3. The number of rotatable bonds is 5. The Kier molecular flexibility index (Phi) is 5.00. The van der Waals surface area contributed by atoms with E-state index in [1.54, 1.807) is 31.2 Å². The van der Waals surface area contributed by atoms with E-state index in [4.69, 9.17) is 0 Å². The van der Waals surface area contributed by atoms with Gasteiger partial charge >= 0.3 is 6.03 Å². The molecule has 2 aliphatic heterocycles. The van der Waals surface area contributed by atoms with Crippen molar-refractivity contribution in [3.8, 4) is 5.69 Å². The Bertz CT molecular complexity index is 1150. The van der Waals surface area contributed by atoms with Crippen LogP contribution in [-0.2, 0) is 25.0 Å². The average molecular weight is 447 g/mol. The molecule has 0 bridgehead atoms. The van der Waals surface area contributed by atoms with Crippen molar-refractivity contribution in [2.45, 2.75) is 24.9 Å². The first kappa shape index (κ1) is 20.9. The molecule has 2 aromatic rings. The standard InChI is InChI=1S/C18H21N7O5S/c1-18(12-4-3-5-13(8-12)25-11-19-21-22-25)16(27)24(17(28)20-18)9-15(26)23(2)14-6-7-31(29,30)10-14/h3-5,8,11,14H,6-7,9-10H2,1-2H3,(H,20,28)/t14-,18+/m1/s1. The molecule has 2 atom stereocenters. The quantitative estimate of drug-likeness (QED) is 0.579. The van der Waals surface area contributed by atoms with Crippen LogP contribution in [0.2, 0.25) is 0 Å². The van der Waals surface area contributed by atoms with Crippen LogP contribution in [0.15, 0.2) is 30.6 Å². The Morgan fingerprint density at radius 2 is 2.13 bits per heavy atom. The zero-order valence-electron chi connectivity index (χ0n) is 16.9. The highest BCUT2D eigenvalue weighted by atomic mass is 32.2. The first-order chi connectivity index (χ1) is 14.6. The van der Waals surface area contributed by atoms with E-state index in [-0.39, 0.29) is 11.5 Å². The lowest BCUT2D eigenvalue weighted by Gasteiger charge is -2.26. The third-order valence-corrected chi connectivity index (χ3v) is 7.51. The van der Waals surface area contributed by atoms with Gasteiger partial charge in [0.05, 0.1) is 17.2 Å². The lowest BCUT2D eigenvalue weighted by molar-refractivity contribution is -0.139. The van der Waals surface area contributed by atoms with Gasteiger partial charge in [0.2, 0.25) is 5.91 Å². The van der Waals surface area contributed by atoms with Crippen LogP contribution >= 0.6 is 0 Å². The highest BCUT2D eigenvalue weighted by Gasteiger charge is 2.50. The lowest BCUT2D eigenvalue weighted by atomic mass is 9.91. The molecular weight excluding hydrogens is 426 g/mol. The van der Waals surface area contributed by atoms with E-state index in [2.05, 4.69) is 20.8 Å². The average Bonchev–Trinajstić information content (AvgIpc) is 3.44. The van der Waals surface area contributed by atoms with Crippen molar-refractivity contribution in [2.75, 3.05) is 25.1 Å². The Hall–Kier alpha value is -3.35. The van der Waals surface area contributed by atoms with E-state index in [0.29, 0.717) is 17.7 Å². The van der Waals surface area contributed by atoms with Gasteiger partial charge in [-0.05, 0) is 41.5 Å². The minimum absolute atomic E-state index is 0.0219. The number of hydrogen-bond acceptors (Lipinski definition) is 8. The molecule has 0 radical (unpaired) electrons. The molecule has 2 aliphatic rings. The number of aromatic nitrogens is 4. The van der Waals surface area contributed by atoms with Crippen LogP contribution in [0.4, 0.5) is 4.79 Å². The molecule has 0 aliphatic carbocycles. The van der Waals surface area contributed by atoms with E-state index in [1.165, 1.54) is 23.0 Å². The summed E-state index contributed by atoms with van der Waals surface area (Å²) in [5.41, 5.74) is -0.275. The number of carbonyl (C=O) groups is 3. The molecule has 31 heavy (non-hydrogen) atoms. The molecule has 12 nitrogen and oxygen atoms in total. The predicted molar refractivity (Wildman–Crippen MR) is 107 cm³/mol. The van der Waals surface area contributed by atoms with Gasteiger partial charge in [0, 0.05) is 13.1 Å². The molecule has 4 amide bonds. The number of tetrazole rings is 1. The highest BCUT2D eigenvalue weighted by Crippen LogP contribution is 2.30.